The lowest BCUT2D eigenvalue weighted by Gasteiger charge is -2.22. The van der Waals surface area contributed by atoms with Crippen LogP contribution < -0.4 is 0 Å². The van der Waals surface area contributed by atoms with Crippen molar-refractivity contribution in [3.8, 4) is 67.5 Å². The van der Waals surface area contributed by atoms with E-state index in [1.165, 1.54) is 0 Å². The summed E-state index contributed by atoms with van der Waals surface area (Å²) >= 11 is 0. The second-order valence-electron chi connectivity index (χ2n) is 16.7. The third kappa shape index (κ3) is 7.24. The number of aromatic hydroxyl groups is 1. The number of pyridine rings is 1. The molecule has 6 aromatic carbocycles. The lowest BCUT2D eigenvalue weighted by molar-refractivity contribution is 0.477. The molecule has 0 aliphatic heterocycles. The third-order valence-corrected chi connectivity index (χ3v) is 11.0. The maximum absolute atomic E-state index is 11.4. The number of hydrogen-bond acceptors (Lipinski definition) is 3. The fourth-order valence-corrected chi connectivity index (χ4v) is 7.89. The third-order valence-electron chi connectivity index (χ3n) is 11.0. The number of imidazole rings is 1. The van der Waals surface area contributed by atoms with Gasteiger partial charge in [0.1, 0.15) is 11.6 Å². The molecule has 2 aromatic heterocycles. The van der Waals surface area contributed by atoms with E-state index in [1.54, 1.807) is 42.6 Å². The summed E-state index contributed by atoms with van der Waals surface area (Å²) in [4.78, 5) is 10.1. The lowest BCUT2D eigenvalue weighted by Crippen LogP contribution is -2.11. The van der Waals surface area contributed by atoms with Crippen molar-refractivity contribution in [2.24, 2.45) is 0 Å². The van der Waals surface area contributed by atoms with Crippen LogP contribution in [0.4, 0.5) is 0 Å². The number of hydrogen-bond donors (Lipinski definition) is 1. The van der Waals surface area contributed by atoms with Crippen LogP contribution in [0.15, 0.2) is 140 Å². The van der Waals surface area contributed by atoms with Gasteiger partial charge in [-0.1, -0.05) is 133 Å². The SMILES string of the molecule is [2H]C([2H])([2H])c1ccc(-c2ccnc(-c3cc(-c4cccc5c4nc(-c4ccccc4O)n5-c4ccc(-c5c(C(C)C)cccc5C([2H])(C)C)cc4C([2H])([2H])[2H])cc(C(C)(C)C)c3)c2)cc1. The van der Waals surface area contributed by atoms with E-state index in [1.807, 2.05) is 91.2 Å². The highest BCUT2D eigenvalue weighted by Gasteiger charge is 2.24. The molecule has 4 nitrogen and oxygen atoms in total. The van der Waals surface area contributed by atoms with Crippen LogP contribution in [0, 0.1) is 13.7 Å². The predicted molar refractivity (Wildman–Crippen MR) is 244 cm³/mol. The van der Waals surface area contributed by atoms with Crippen molar-refractivity contribution in [1.82, 2.24) is 14.5 Å². The van der Waals surface area contributed by atoms with Crippen molar-refractivity contribution in [1.29, 1.82) is 0 Å². The zero-order valence-electron chi connectivity index (χ0n) is 41.1. The monoisotopic (exact) mass is 766 g/mol. The zero-order valence-corrected chi connectivity index (χ0v) is 34.1. The number of fused-ring (bicyclic) bond motifs is 1. The van der Waals surface area contributed by atoms with Crippen molar-refractivity contribution < 1.29 is 14.7 Å². The Morgan fingerprint density at radius 1 is 0.655 bits per heavy atom. The Bertz CT molecular complexity index is 3080. The summed E-state index contributed by atoms with van der Waals surface area (Å²) in [6.45, 7) is 9.62. The summed E-state index contributed by atoms with van der Waals surface area (Å²) in [7, 11) is 0. The molecule has 2 heterocycles. The first-order valence-corrected chi connectivity index (χ1v) is 19.8. The second kappa shape index (κ2) is 15.2. The predicted octanol–water partition coefficient (Wildman–Crippen LogP) is 14.6. The fraction of sp³-hybridized carbons (Fsp3) is 0.222. The number of nitrogens with zero attached hydrogens (tertiary/aromatic N) is 3. The largest absolute Gasteiger partial charge is 0.507 e. The van der Waals surface area contributed by atoms with Gasteiger partial charge in [0.15, 0.2) is 0 Å². The standard InChI is InChI=1S/C54H53N3O/c1-33(2)43-15-12-16-44(34(3)4)51(43)39-24-25-48(36(6)28-39)57-49-18-13-17-45(52(49)56-53(57)46-14-10-11-19-50(46)58)40-29-41(31-42(30-40)54(7,8)9)47-32-38(26-27-55-47)37-22-20-35(5)21-23-37/h10-34,58H,1-9H3/i5D3,6D3,33D. The van der Waals surface area contributed by atoms with Crippen LogP contribution in [0.5, 0.6) is 5.75 Å². The molecule has 0 aliphatic rings. The van der Waals surface area contributed by atoms with Crippen LogP contribution in [0.1, 0.15) is 97.7 Å². The van der Waals surface area contributed by atoms with E-state index in [-0.39, 0.29) is 28.2 Å². The lowest BCUT2D eigenvalue weighted by atomic mass is 9.83. The Morgan fingerprint density at radius 2 is 1.38 bits per heavy atom. The molecule has 4 heteroatoms. The van der Waals surface area contributed by atoms with Gasteiger partial charge in [-0.2, -0.15) is 0 Å². The fourth-order valence-electron chi connectivity index (χ4n) is 7.89. The molecule has 290 valence electrons. The Morgan fingerprint density at radius 3 is 2.10 bits per heavy atom. The highest BCUT2D eigenvalue weighted by molar-refractivity contribution is 5.97. The molecule has 0 spiro atoms. The molecule has 1 N–H and O–H groups in total. The van der Waals surface area contributed by atoms with Gasteiger partial charge in [-0.15, -0.1) is 0 Å². The topological polar surface area (TPSA) is 50.9 Å². The number of aryl methyl sites for hydroxylation is 2. The molecular weight excluding hydrogens is 707 g/mol. The van der Waals surface area contributed by atoms with Crippen LogP contribution in [-0.2, 0) is 5.41 Å². The van der Waals surface area contributed by atoms with Gasteiger partial charge in [-0.25, -0.2) is 4.98 Å². The molecule has 0 unspecified atom stereocenters. The highest BCUT2D eigenvalue weighted by atomic mass is 16.3. The number of rotatable bonds is 8. The van der Waals surface area contributed by atoms with E-state index in [2.05, 4.69) is 58.9 Å². The Balaban J connectivity index is 1.36. The molecule has 0 amide bonds. The molecule has 8 rings (SSSR count). The first-order chi connectivity index (χ1) is 30.5. The number of phenols is 1. The minimum absolute atomic E-state index is 0.00172. The minimum Gasteiger partial charge on any atom is -0.507 e. The summed E-state index contributed by atoms with van der Waals surface area (Å²) in [6.07, 6.45) is 1.76. The molecule has 0 bridgehead atoms. The number of phenolic OH excluding ortho intramolecular Hbond substituents is 1. The minimum atomic E-state index is -2.56. The first kappa shape index (κ1) is 30.8. The van der Waals surface area contributed by atoms with E-state index in [0.29, 0.717) is 33.7 Å². The average molecular weight is 767 g/mol. The Hall–Kier alpha value is -6.26. The van der Waals surface area contributed by atoms with Gasteiger partial charge in [-0.05, 0) is 136 Å². The molecule has 0 radical (unpaired) electrons. The Labute approximate surface area is 353 Å². The van der Waals surface area contributed by atoms with Crippen molar-refractivity contribution in [3.63, 3.8) is 0 Å². The van der Waals surface area contributed by atoms with Crippen LogP contribution in [-0.4, -0.2) is 19.6 Å². The Kier molecular flexibility index (Phi) is 8.10. The summed E-state index contributed by atoms with van der Waals surface area (Å²) in [5, 5.41) is 11.4. The maximum Gasteiger partial charge on any atom is 0.149 e. The maximum atomic E-state index is 11.4. The molecule has 0 saturated heterocycles. The van der Waals surface area contributed by atoms with Crippen molar-refractivity contribution >= 4 is 11.0 Å². The number of para-hydroxylation sites is 2. The van der Waals surface area contributed by atoms with E-state index in [4.69, 9.17) is 19.6 Å². The molecule has 0 saturated carbocycles. The first-order valence-electron chi connectivity index (χ1n) is 23.3. The van der Waals surface area contributed by atoms with Crippen molar-refractivity contribution in [2.75, 3.05) is 0 Å². The molecule has 0 fully saturated rings. The van der Waals surface area contributed by atoms with E-state index < -0.39 is 19.6 Å². The number of aromatic nitrogens is 3. The zero-order chi connectivity index (χ0) is 46.8. The normalized spacial score (nSPS) is 14.3. The van der Waals surface area contributed by atoms with Crippen LogP contribution in [0.2, 0.25) is 0 Å². The second-order valence-corrected chi connectivity index (χ2v) is 16.7. The quantitative estimate of drug-likeness (QED) is 0.168. The van der Waals surface area contributed by atoms with Crippen LogP contribution in [0.25, 0.3) is 72.7 Å². The molecule has 8 aromatic rings. The van der Waals surface area contributed by atoms with Crippen LogP contribution >= 0.6 is 0 Å². The average Bonchev–Trinajstić information content (AvgIpc) is 3.64. The smallest absolute Gasteiger partial charge is 0.149 e. The summed E-state index contributed by atoms with van der Waals surface area (Å²) < 4.78 is 61.2. The summed E-state index contributed by atoms with van der Waals surface area (Å²) in [5.41, 5.74) is 11.8. The van der Waals surface area contributed by atoms with Gasteiger partial charge in [0.05, 0.1) is 28.0 Å². The molecular formula is C54H53N3O. The van der Waals surface area contributed by atoms with Gasteiger partial charge in [0.25, 0.3) is 0 Å². The van der Waals surface area contributed by atoms with Gasteiger partial charge in [0, 0.05) is 26.9 Å². The van der Waals surface area contributed by atoms with Crippen LogP contribution in [0.3, 0.4) is 0 Å². The molecule has 0 atom stereocenters. The van der Waals surface area contributed by atoms with Gasteiger partial charge >= 0.3 is 0 Å². The van der Waals surface area contributed by atoms with Gasteiger partial charge in [-0.3, -0.25) is 9.55 Å². The summed E-state index contributed by atoms with van der Waals surface area (Å²) in [5.74, 6) is -0.453. The van der Waals surface area contributed by atoms with E-state index >= 15 is 0 Å². The number of benzene rings is 6. The highest BCUT2D eigenvalue weighted by Crippen LogP contribution is 2.42. The van der Waals surface area contributed by atoms with Crippen molar-refractivity contribution in [2.45, 2.75) is 79.4 Å². The summed E-state index contributed by atoms with van der Waals surface area (Å²) in [6, 6.07) is 41.6. The van der Waals surface area contributed by atoms with E-state index in [9.17, 15) is 5.11 Å². The van der Waals surface area contributed by atoms with Crippen molar-refractivity contribution in [3.05, 3.63) is 167 Å². The molecule has 58 heavy (non-hydrogen) atoms. The van der Waals surface area contributed by atoms with Gasteiger partial charge in [0.2, 0.25) is 0 Å². The van der Waals surface area contributed by atoms with E-state index in [0.717, 1.165) is 55.8 Å². The molecule has 0 aliphatic carbocycles. The van der Waals surface area contributed by atoms with Gasteiger partial charge < -0.3 is 5.11 Å².